The lowest BCUT2D eigenvalue weighted by molar-refractivity contribution is 0.145. The number of nitrogens with one attached hydrogen (secondary N) is 1. The molecule has 3 rings (SSSR count). The molecule has 2 atom stereocenters. The van der Waals surface area contributed by atoms with Crippen LogP contribution in [0.15, 0.2) is 24.3 Å². The molecule has 2 aliphatic rings. The Morgan fingerprint density at radius 2 is 1.95 bits per heavy atom. The Balaban J connectivity index is 1.96. The summed E-state index contributed by atoms with van der Waals surface area (Å²) in [6, 6.07) is 10.7. The minimum absolute atomic E-state index is 0.628. The van der Waals surface area contributed by atoms with Gasteiger partial charge in [-0.15, -0.1) is 0 Å². The molecule has 2 nitrogen and oxygen atoms in total. The summed E-state index contributed by atoms with van der Waals surface area (Å²) in [5, 5.41) is 3.46. The molecule has 2 fully saturated rings. The van der Waals surface area contributed by atoms with Crippen molar-refractivity contribution in [1.29, 1.82) is 0 Å². The Morgan fingerprint density at radius 3 is 2.67 bits per heavy atom. The summed E-state index contributed by atoms with van der Waals surface area (Å²) >= 11 is 0. The molecule has 2 heteroatoms. The molecule has 1 N–H and O–H groups in total. The standard InChI is InChI=1S/C19H30N2/c1-3-15-8-4-5-10-18(15)19-16(14-20-2)9-6-7-13-21(19)17-11-12-17/h4-5,8,10,16-17,19-20H,3,6-7,9,11-14H2,1-2H3. The van der Waals surface area contributed by atoms with Crippen LogP contribution in [0.1, 0.15) is 56.2 Å². The Morgan fingerprint density at radius 1 is 1.14 bits per heavy atom. The van der Waals surface area contributed by atoms with Crippen LogP contribution in [-0.2, 0) is 6.42 Å². The number of hydrogen-bond donors (Lipinski definition) is 1. The number of aryl methyl sites for hydroxylation is 1. The minimum Gasteiger partial charge on any atom is -0.319 e. The maximum Gasteiger partial charge on any atom is 0.0394 e. The molecule has 0 amide bonds. The van der Waals surface area contributed by atoms with Crippen LogP contribution in [0.4, 0.5) is 0 Å². The maximum absolute atomic E-state index is 3.46. The molecule has 1 aliphatic carbocycles. The van der Waals surface area contributed by atoms with Gasteiger partial charge in [-0.3, -0.25) is 4.90 Å². The molecule has 0 aromatic heterocycles. The van der Waals surface area contributed by atoms with Crippen molar-refractivity contribution in [2.24, 2.45) is 5.92 Å². The Kier molecular flexibility index (Phi) is 4.97. The van der Waals surface area contributed by atoms with Crippen molar-refractivity contribution in [3.05, 3.63) is 35.4 Å². The molecule has 1 aromatic carbocycles. The van der Waals surface area contributed by atoms with Crippen LogP contribution in [-0.4, -0.2) is 31.1 Å². The topological polar surface area (TPSA) is 15.3 Å². The molecule has 116 valence electrons. The van der Waals surface area contributed by atoms with Crippen molar-refractivity contribution in [2.75, 3.05) is 20.1 Å². The van der Waals surface area contributed by atoms with E-state index in [4.69, 9.17) is 0 Å². The van der Waals surface area contributed by atoms with Crippen LogP contribution in [0.3, 0.4) is 0 Å². The highest BCUT2D eigenvalue weighted by Gasteiger charge is 2.39. The molecule has 1 aromatic rings. The van der Waals surface area contributed by atoms with Crippen molar-refractivity contribution >= 4 is 0 Å². The molecule has 1 heterocycles. The first-order valence-electron chi connectivity index (χ1n) is 8.83. The van der Waals surface area contributed by atoms with Gasteiger partial charge in [0.15, 0.2) is 0 Å². The van der Waals surface area contributed by atoms with Gasteiger partial charge in [0.1, 0.15) is 0 Å². The zero-order chi connectivity index (χ0) is 14.7. The molecule has 0 radical (unpaired) electrons. The van der Waals surface area contributed by atoms with Gasteiger partial charge in [-0.1, -0.05) is 37.6 Å². The van der Waals surface area contributed by atoms with E-state index in [0.29, 0.717) is 6.04 Å². The zero-order valence-corrected chi connectivity index (χ0v) is 13.6. The van der Waals surface area contributed by atoms with E-state index in [1.807, 2.05) is 0 Å². The van der Waals surface area contributed by atoms with Gasteiger partial charge in [0, 0.05) is 12.1 Å². The lowest BCUT2D eigenvalue weighted by Crippen LogP contribution is -2.38. The predicted octanol–water partition coefficient (Wildman–Crippen LogP) is 3.77. The Bertz CT molecular complexity index is 453. The van der Waals surface area contributed by atoms with Gasteiger partial charge in [-0.25, -0.2) is 0 Å². The van der Waals surface area contributed by atoms with Crippen LogP contribution in [0.5, 0.6) is 0 Å². The van der Waals surface area contributed by atoms with Crippen molar-refractivity contribution in [3.63, 3.8) is 0 Å². The third-order valence-electron chi connectivity index (χ3n) is 5.28. The molecule has 2 unspecified atom stereocenters. The second-order valence-corrected chi connectivity index (χ2v) is 6.78. The lowest BCUT2D eigenvalue weighted by atomic mass is 9.86. The maximum atomic E-state index is 3.46. The van der Waals surface area contributed by atoms with E-state index in [1.165, 1.54) is 38.6 Å². The summed E-state index contributed by atoms with van der Waals surface area (Å²) in [6.45, 7) is 4.74. The summed E-state index contributed by atoms with van der Waals surface area (Å²) in [5.74, 6) is 0.755. The second kappa shape index (κ2) is 6.93. The van der Waals surface area contributed by atoms with E-state index >= 15 is 0 Å². The highest BCUT2D eigenvalue weighted by molar-refractivity contribution is 5.31. The van der Waals surface area contributed by atoms with Gasteiger partial charge >= 0.3 is 0 Å². The number of benzene rings is 1. The largest absolute Gasteiger partial charge is 0.319 e. The first-order chi connectivity index (χ1) is 10.3. The fourth-order valence-corrected chi connectivity index (χ4v) is 4.14. The monoisotopic (exact) mass is 286 g/mol. The zero-order valence-electron chi connectivity index (χ0n) is 13.6. The summed E-state index contributed by atoms with van der Waals surface area (Å²) in [4.78, 5) is 2.85. The summed E-state index contributed by atoms with van der Waals surface area (Å²) in [5.41, 5.74) is 3.16. The normalized spacial score (nSPS) is 27.5. The van der Waals surface area contributed by atoms with Gasteiger partial charge in [0.05, 0.1) is 0 Å². The molecule has 21 heavy (non-hydrogen) atoms. The average Bonchev–Trinajstić information content (AvgIpc) is 3.34. The summed E-state index contributed by atoms with van der Waals surface area (Å²) in [6.07, 6.45) is 8.11. The fourth-order valence-electron chi connectivity index (χ4n) is 4.14. The van der Waals surface area contributed by atoms with Crippen molar-refractivity contribution < 1.29 is 0 Å². The van der Waals surface area contributed by atoms with E-state index in [-0.39, 0.29) is 0 Å². The van der Waals surface area contributed by atoms with Gasteiger partial charge in [0.2, 0.25) is 0 Å². The minimum atomic E-state index is 0.628. The molecule has 1 saturated heterocycles. The van der Waals surface area contributed by atoms with Gasteiger partial charge < -0.3 is 5.32 Å². The summed E-state index contributed by atoms with van der Waals surface area (Å²) < 4.78 is 0. The smallest absolute Gasteiger partial charge is 0.0394 e. The first-order valence-corrected chi connectivity index (χ1v) is 8.83. The van der Waals surface area contributed by atoms with Crippen molar-refractivity contribution in [2.45, 2.75) is 57.5 Å². The first kappa shape index (κ1) is 15.1. The van der Waals surface area contributed by atoms with Crippen LogP contribution >= 0.6 is 0 Å². The molecule has 1 saturated carbocycles. The van der Waals surface area contributed by atoms with Crippen LogP contribution in [0.25, 0.3) is 0 Å². The van der Waals surface area contributed by atoms with Crippen molar-refractivity contribution in [1.82, 2.24) is 10.2 Å². The number of rotatable bonds is 5. The SMILES string of the molecule is CCc1ccccc1C1C(CNC)CCCCN1C1CC1. The van der Waals surface area contributed by atoms with Crippen molar-refractivity contribution in [3.8, 4) is 0 Å². The van der Waals surface area contributed by atoms with Crippen LogP contribution < -0.4 is 5.32 Å². The Labute approximate surface area is 129 Å². The van der Waals surface area contributed by atoms with E-state index in [0.717, 1.165) is 24.9 Å². The molecule has 0 spiro atoms. The summed E-state index contributed by atoms with van der Waals surface area (Å²) in [7, 11) is 2.11. The molecule has 0 bridgehead atoms. The highest BCUT2D eigenvalue weighted by atomic mass is 15.2. The van der Waals surface area contributed by atoms with E-state index in [1.54, 1.807) is 11.1 Å². The van der Waals surface area contributed by atoms with E-state index < -0.39 is 0 Å². The number of hydrogen-bond acceptors (Lipinski definition) is 2. The number of nitrogens with zero attached hydrogens (tertiary/aromatic N) is 1. The van der Waals surface area contributed by atoms with Gasteiger partial charge in [-0.2, -0.15) is 0 Å². The van der Waals surface area contributed by atoms with Crippen LogP contribution in [0.2, 0.25) is 0 Å². The van der Waals surface area contributed by atoms with E-state index in [9.17, 15) is 0 Å². The lowest BCUT2D eigenvalue weighted by Gasteiger charge is -2.37. The van der Waals surface area contributed by atoms with Gasteiger partial charge in [0.25, 0.3) is 0 Å². The van der Waals surface area contributed by atoms with Gasteiger partial charge in [-0.05, 0) is 69.3 Å². The quantitative estimate of drug-likeness (QED) is 0.886. The molecular formula is C19H30N2. The highest BCUT2D eigenvalue weighted by Crippen LogP contribution is 2.42. The predicted molar refractivity (Wildman–Crippen MR) is 89.6 cm³/mol. The van der Waals surface area contributed by atoms with E-state index in [2.05, 4.69) is 48.5 Å². The molecule has 1 aliphatic heterocycles. The van der Waals surface area contributed by atoms with Crippen LogP contribution in [0, 0.1) is 5.92 Å². The number of likely N-dealkylation sites (tertiary alicyclic amines) is 1. The second-order valence-electron chi connectivity index (χ2n) is 6.78. The molecular weight excluding hydrogens is 256 g/mol. The third-order valence-corrected chi connectivity index (χ3v) is 5.28. The third kappa shape index (κ3) is 3.32. The fraction of sp³-hybridized carbons (Fsp3) is 0.684. The Hall–Kier alpha value is -0.860. The average molecular weight is 286 g/mol.